The van der Waals surface area contributed by atoms with Crippen molar-refractivity contribution in [3.8, 4) is 0 Å². The minimum absolute atomic E-state index is 0.0691. The van der Waals surface area contributed by atoms with E-state index in [0.717, 1.165) is 18.4 Å². The molecule has 1 aromatic rings. The molecule has 0 saturated carbocycles. The van der Waals surface area contributed by atoms with Gasteiger partial charge in [-0.25, -0.2) is 9.69 Å². The average Bonchev–Trinajstić information content (AvgIpc) is 2.85. The van der Waals surface area contributed by atoms with Gasteiger partial charge in [0.05, 0.1) is 6.04 Å². The maximum absolute atomic E-state index is 12.1. The fourth-order valence-corrected chi connectivity index (χ4v) is 2.28. The van der Waals surface area contributed by atoms with Crippen molar-refractivity contribution in [3.05, 3.63) is 35.9 Å². The molecule has 1 heterocycles. The summed E-state index contributed by atoms with van der Waals surface area (Å²) in [6.45, 7) is 2.77. The minimum atomic E-state index is -0.569. The molecule has 0 bridgehead atoms. The van der Waals surface area contributed by atoms with E-state index in [1.165, 1.54) is 4.90 Å². The van der Waals surface area contributed by atoms with Crippen LogP contribution in [0.5, 0.6) is 0 Å². The topological polar surface area (TPSA) is 55.8 Å². The van der Waals surface area contributed by atoms with E-state index < -0.39 is 6.09 Å². The molecule has 0 N–H and O–H groups in total. The molecular formula is C16H21NO4. The molecular weight excluding hydrogens is 270 g/mol. The molecule has 0 aromatic heterocycles. The summed E-state index contributed by atoms with van der Waals surface area (Å²) >= 11 is 0. The summed E-state index contributed by atoms with van der Waals surface area (Å²) in [5.41, 5.74) is 1.07. The summed E-state index contributed by atoms with van der Waals surface area (Å²) in [7, 11) is 0. The second-order valence-electron chi connectivity index (χ2n) is 5.09. The lowest BCUT2D eigenvalue weighted by Gasteiger charge is -2.19. The summed E-state index contributed by atoms with van der Waals surface area (Å²) in [4.78, 5) is 25.0. The van der Waals surface area contributed by atoms with Crippen molar-refractivity contribution in [2.45, 2.75) is 32.2 Å². The maximum atomic E-state index is 12.1. The molecule has 1 aliphatic heterocycles. The number of unbranched alkanes of at least 4 members (excludes halogenated alkanes) is 1. The molecule has 2 rings (SSSR count). The zero-order chi connectivity index (χ0) is 15.1. The Morgan fingerprint density at radius 3 is 2.86 bits per heavy atom. The molecule has 5 heteroatoms. The van der Waals surface area contributed by atoms with E-state index in [0.29, 0.717) is 13.0 Å². The Labute approximate surface area is 124 Å². The van der Waals surface area contributed by atoms with Gasteiger partial charge in [0.2, 0.25) is 0 Å². The van der Waals surface area contributed by atoms with Gasteiger partial charge in [-0.2, -0.15) is 0 Å². The summed E-state index contributed by atoms with van der Waals surface area (Å²) in [6.07, 6.45) is 1.95. The van der Waals surface area contributed by atoms with Crippen LogP contribution in [0.25, 0.3) is 0 Å². The number of benzene rings is 1. The van der Waals surface area contributed by atoms with Crippen LogP contribution in [0.4, 0.5) is 4.79 Å². The van der Waals surface area contributed by atoms with Crippen molar-refractivity contribution in [2.24, 2.45) is 0 Å². The smallest absolute Gasteiger partial charge is 0.417 e. The zero-order valence-corrected chi connectivity index (χ0v) is 12.3. The molecule has 1 saturated heterocycles. The highest BCUT2D eigenvalue weighted by atomic mass is 16.6. The predicted octanol–water partition coefficient (Wildman–Crippen LogP) is 2.39. The Hall–Kier alpha value is -1.88. The minimum Gasteiger partial charge on any atom is -0.447 e. The van der Waals surface area contributed by atoms with Gasteiger partial charge in [0.1, 0.15) is 13.2 Å². The Morgan fingerprint density at radius 1 is 1.38 bits per heavy atom. The van der Waals surface area contributed by atoms with Crippen molar-refractivity contribution in [1.29, 1.82) is 0 Å². The van der Waals surface area contributed by atoms with Gasteiger partial charge in [-0.05, 0) is 18.4 Å². The van der Waals surface area contributed by atoms with Crippen molar-refractivity contribution in [3.63, 3.8) is 0 Å². The van der Waals surface area contributed by atoms with E-state index in [1.54, 1.807) is 0 Å². The Kier molecular flexibility index (Phi) is 5.75. The van der Waals surface area contributed by atoms with Crippen LogP contribution in [-0.4, -0.2) is 42.8 Å². The number of rotatable bonds is 7. The molecule has 0 aliphatic carbocycles. The molecule has 1 aromatic carbocycles. The number of cyclic esters (lactones) is 1. The summed E-state index contributed by atoms with van der Waals surface area (Å²) < 4.78 is 10.3. The highest BCUT2D eigenvalue weighted by molar-refractivity contribution is 5.94. The van der Waals surface area contributed by atoms with Gasteiger partial charge in [-0.1, -0.05) is 43.7 Å². The van der Waals surface area contributed by atoms with E-state index in [2.05, 4.69) is 6.92 Å². The van der Waals surface area contributed by atoms with Gasteiger partial charge < -0.3 is 9.47 Å². The lowest BCUT2D eigenvalue weighted by molar-refractivity contribution is -0.134. The van der Waals surface area contributed by atoms with Crippen molar-refractivity contribution in [1.82, 2.24) is 4.90 Å². The van der Waals surface area contributed by atoms with Gasteiger partial charge >= 0.3 is 6.09 Å². The van der Waals surface area contributed by atoms with Crippen LogP contribution in [0.1, 0.15) is 25.3 Å². The van der Waals surface area contributed by atoms with Gasteiger partial charge in [0.25, 0.3) is 5.91 Å². The third kappa shape index (κ3) is 4.29. The first-order valence-electron chi connectivity index (χ1n) is 7.33. The molecule has 0 spiro atoms. The molecule has 0 radical (unpaired) electrons. The van der Waals surface area contributed by atoms with Crippen LogP contribution in [0.3, 0.4) is 0 Å². The van der Waals surface area contributed by atoms with Gasteiger partial charge in [0.15, 0.2) is 0 Å². The number of imide groups is 1. The van der Waals surface area contributed by atoms with Crippen molar-refractivity contribution >= 4 is 12.0 Å². The number of carbonyl (C=O) groups is 2. The zero-order valence-electron chi connectivity index (χ0n) is 12.3. The molecule has 1 atom stereocenters. The predicted molar refractivity (Wildman–Crippen MR) is 77.9 cm³/mol. The molecule has 21 heavy (non-hydrogen) atoms. The molecule has 1 aliphatic rings. The fourth-order valence-electron chi connectivity index (χ4n) is 2.28. The van der Waals surface area contributed by atoms with Crippen LogP contribution in [-0.2, 0) is 20.7 Å². The quantitative estimate of drug-likeness (QED) is 0.724. The van der Waals surface area contributed by atoms with Crippen molar-refractivity contribution in [2.75, 3.05) is 19.8 Å². The maximum Gasteiger partial charge on any atom is 0.417 e. The largest absolute Gasteiger partial charge is 0.447 e. The standard InChI is InChI=1S/C16H21NO4/c1-2-3-9-20-12-15(18)17-14(11-21-16(17)19)10-13-7-5-4-6-8-13/h4-8,14H,2-3,9-12H2,1H3/t14-/m0/s1. The van der Waals surface area contributed by atoms with Crippen LogP contribution in [0.2, 0.25) is 0 Å². The van der Waals surface area contributed by atoms with E-state index in [-0.39, 0.29) is 25.2 Å². The average molecular weight is 291 g/mol. The number of hydrogen-bond acceptors (Lipinski definition) is 4. The van der Waals surface area contributed by atoms with Crippen LogP contribution < -0.4 is 0 Å². The van der Waals surface area contributed by atoms with E-state index in [4.69, 9.17) is 9.47 Å². The van der Waals surface area contributed by atoms with E-state index in [1.807, 2.05) is 30.3 Å². The van der Waals surface area contributed by atoms with Gasteiger partial charge in [-0.3, -0.25) is 4.79 Å². The number of nitrogens with zero attached hydrogens (tertiary/aromatic N) is 1. The lowest BCUT2D eigenvalue weighted by Crippen LogP contribution is -2.42. The highest BCUT2D eigenvalue weighted by Gasteiger charge is 2.37. The van der Waals surface area contributed by atoms with E-state index in [9.17, 15) is 9.59 Å². The second kappa shape index (κ2) is 7.78. The first kappa shape index (κ1) is 15.5. The number of carbonyl (C=O) groups excluding carboxylic acids is 2. The van der Waals surface area contributed by atoms with Crippen LogP contribution in [0, 0.1) is 0 Å². The van der Waals surface area contributed by atoms with Crippen LogP contribution >= 0.6 is 0 Å². The normalized spacial score (nSPS) is 17.9. The van der Waals surface area contributed by atoms with Gasteiger partial charge in [0, 0.05) is 6.61 Å². The fraction of sp³-hybridized carbons (Fsp3) is 0.500. The number of hydrogen-bond donors (Lipinski definition) is 0. The third-order valence-electron chi connectivity index (χ3n) is 3.41. The monoisotopic (exact) mass is 291 g/mol. The molecule has 1 fully saturated rings. The summed E-state index contributed by atoms with van der Waals surface area (Å²) in [5.74, 6) is -0.325. The van der Waals surface area contributed by atoms with Crippen molar-refractivity contribution < 1.29 is 19.1 Å². The number of ether oxygens (including phenoxy) is 2. The second-order valence-corrected chi connectivity index (χ2v) is 5.09. The Bertz CT molecular complexity index is 474. The SMILES string of the molecule is CCCCOCC(=O)N1C(=O)OC[C@@H]1Cc1ccccc1. The molecule has 5 nitrogen and oxygen atoms in total. The Morgan fingerprint density at radius 2 is 2.14 bits per heavy atom. The summed E-state index contributed by atoms with van der Waals surface area (Å²) in [5, 5.41) is 0. The molecule has 0 unspecified atom stereocenters. The van der Waals surface area contributed by atoms with E-state index >= 15 is 0 Å². The molecule has 2 amide bonds. The first-order chi connectivity index (χ1) is 10.2. The first-order valence-corrected chi connectivity index (χ1v) is 7.33. The Balaban J connectivity index is 1.92. The number of amides is 2. The third-order valence-corrected chi connectivity index (χ3v) is 3.41. The highest BCUT2D eigenvalue weighted by Crippen LogP contribution is 2.17. The molecule has 114 valence electrons. The van der Waals surface area contributed by atoms with Crippen LogP contribution in [0.15, 0.2) is 30.3 Å². The lowest BCUT2D eigenvalue weighted by atomic mass is 10.1. The summed E-state index contributed by atoms with van der Waals surface area (Å²) in [6, 6.07) is 9.51. The van der Waals surface area contributed by atoms with Gasteiger partial charge in [-0.15, -0.1) is 0 Å².